The van der Waals surface area contributed by atoms with Crippen molar-refractivity contribution in [3.05, 3.63) is 29.8 Å². The van der Waals surface area contributed by atoms with Crippen LogP contribution in [0, 0.1) is 18.3 Å². The lowest BCUT2D eigenvalue weighted by Gasteiger charge is -2.25. The van der Waals surface area contributed by atoms with Crippen LogP contribution >= 0.6 is 0 Å². The predicted octanol–water partition coefficient (Wildman–Crippen LogP) is 1.41. The summed E-state index contributed by atoms with van der Waals surface area (Å²) < 4.78 is 0. The number of carbonyl (C=O) groups is 1. The minimum absolute atomic E-state index is 0.00248. The van der Waals surface area contributed by atoms with E-state index >= 15 is 0 Å². The van der Waals surface area contributed by atoms with E-state index in [2.05, 4.69) is 22.6 Å². The summed E-state index contributed by atoms with van der Waals surface area (Å²) >= 11 is 0. The molecule has 0 saturated heterocycles. The first kappa shape index (κ1) is 11.5. The molecular formula is C14H16N2O. The van der Waals surface area contributed by atoms with Crippen LogP contribution in [0.1, 0.15) is 12.0 Å². The molecule has 1 aromatic rings. The fourth-order valence-electron chi connectivity index (χ4n) is 2.03. The predicted molar refractivity (Wildman–Crippen MR) is 68.6 cm³/mol. The topological polar surface area (TPSA) is 41.1 Å². The third-order valence-electron chi connectivity index (χ3n) is 2.96. The number of hydrogen-bond donors (Lipinski definition) is 2. The van der Waals surface area contributed by atoms with E-state index in [-0.39, 0.29) is 11.8 Å². The Balaban J connectivity index is 1.93. The van der Waals surface area contributed by atoms with E-state index in [0.29, 0.717) is 19.5 Å². The van der Waals surface area contributed by atoms with Gasteiger partial charge in [-0.2, -0.15) is 0 Å². The zero-order valence-electron chi connectivity index (χ0n) is 9.70. The van der Waals surface area contributed by atoms with Crippen LogP contribution in [-0.4, -0.2) is 19.0 Å². The van der Waals surface area contributed by atoms with Crippen LogP contribution in [0.25, 0.3) is 0 Å². The van der Waals surface area contributed by atoms with Crippen LogP contribution in [0.4, 0.5) is 5.69 Å². The normalized spacial score (nSPS) is 17.5. The number of anilines is 1. The molecule has 0 saturated carbocycles. The number of benzene rings is 1. The van der Waals surface area contributed by atoms with Gasteiger partial charge in [-0.3, -0.25) is 4.79 Å². The van der Waals surface area contributed by atoms with Crippen molar-refractivity contribution in [2.24, 2.45) is 5.92 Å². The number of hydrogen-bond acceptors (Lipinski definition) is 2. The van der Waals surface area contributed by atoms with Crippen molar-refractivity contribution in [2.45, 2.75) is 12.8 Å². The van der Waals surface area contributed by atoms with Crippen LogP contribution in [0.15, 0.2) is 24.3 Å². The lowest BCUT2D eigenvalue weighted by Crippen LogP contribution is -2.38. The van der Waals surface area contributed by atoms with Crippen molar-refractivity contribution in [2.75, 3.05) is 18.4 Å². The highest BCUT2D eigenvalue weighted by Crippen LogP contribution is 2.24. The molecule has 3 heteroatoms. The van der Waals surface area contributed by atoms with E-state index < -0.39 is 0 Å². The van der Waals surface area contributed by atoms with Gasteiger partial charge in [0.1, 0.15) is 0 Å². The van der Waals surface area contributed by atoms with Crippen LogP contribution < -0.4 is 10.6 Å². The van der Waals surface area contributed by atoms with Crippen molar-refractivity contribution in [1.29, 1.82) is 0 Å². The van der Waals surface area contributed by atoms with Gasteiger partial charge >= 0.3 is 0 Å². The van der Waals surface area contributed by atoms with Crippen molar-refractivity contribution in [3.63, 3.8) is 0 Å². The minimum Gasteiger partial charge on any atom is -0.384 e. The SMILES string of the molecule is C#CCCNC(=O)C1CNc2ccccc2C1. The van der Waals surface area contributed by atoms with Gasteiger partial charge < -0.3 is 10.6 Å². The van der Waals surface area contributed by atoms with Gasteiger partial charge in [0.05, 0.1) is 5.92 Å². The molecule has 2 rings (SSSR count). The molecular weight excluding hydrogens is 212 g/mol. The quantitative estimate of drug-likeness (QED) is 0.606. The Morgan fingerprint density at radius 3 is 3.18 bits per heavy atom. The molecule has 1 aliphatic rings. The van der Waals surface area contributed by atoms with Gasteiger partial charge in [-0.15, -0.1) is 12.3 Å². The zero-order valence-corrected chi connectivity index (χ0v) is 9.70. The van der Waals surface area contributed by atoms with Gasteiger partial charge in [-0.25, -0.2) is 0 Å². The average Bonchev–Trinajstić information content (AvgIpc) is 2.38. The summed E-state index contributed by atoms with van der Waals surface area (Å²) in [6, 6.07) is 8.10. The molecule has 1 atom stereocenters. The minimum atomic E-state index is 0.00248. The molecule has 0 spiro atoms. The first-order valence-electron chi connectivity index (χ1n) is 5.84. The van der Waals surface area contributed by atoms with E-state index in [4.69, 9.17) is 6.42 Å². The summed E-state index contributed by atoms with van der Waals surface area (Å²) in [4.78, 5) is 11.9. The lowest BCUT2D eigenvalue weighted by molar-refractivity contribution is -0.124. The van der Waals surface area contributed by atoms with E-state index in [9.17, 15) is 4.79 Å². The standard InChI is InChI=1S/C14H16N2O/c1-2-3-8-15-14(17)12-9-11-6-4-5-7-13(11)16-10-12/h1,4-7,12,16H,3,8-10H2,(H,15,17). The second kappa shape index (κ2) is 5.40. The molecule has 0 radical (unpaired) electrons. The molecule has 0 aliphatic carbocycles. The third kappa shape index (κ3) is 2.79. The molecule has 0 bridgehead atoms. The van der Waals surface area contributed by atoms with Gasteiger partial charge in [0.2, 0.25) is 5.91 Å². The molecule has 1 aliphatic heterocycles. The maximum absolute atomic E-state index is 11.9. The monoisotopic (exact) mass is 228 g/mol. The maximum Gasteiger partial charge on any atom is 0.225 e. The smallest absolute Gasteiger partial charge is 0.225 e. The van der Waals surface area contributed by atoms with E-state index in [1.165, 1.54) is 5.56 Å². The summed E-state index contributed by atoms with van der Waals surface area (Å²) in [7, 11) is 0. The molecule has 1 unspecified atom stereocenters. The number of rotatable bonds is 3. The fraction of sp³-hybridized carbons (Fsp3) is 0.357. The lowest BCUT2D eigenvalue weighted by atomic mass is 9.93. The molecule has 0 aromatic heterocycles. The maximum atomic E-state index is 11.9. The summed E-state index contributed by atoms with van der Waals surface area (Å²) in [5.74, 6) is 2.60. The number of amides is 1. The van der Waals surface area contributed by atoms with E-state index in [1.807, 2.05) is 18.2 Å². The highest BCUT2D eigenvalue weighted by Gasteiger charge is 2.23. The van der Waals surface area contributed by atoms with Gasteiger partial charge in [-0.05, 0) is 18.1 Å². The Kier molecular flexibility index (Phi) is 3.66. The number of terminal acetylenes is 1. The highest BCUT2D eigenvalue weighted by molar-refractivity contribution is 5.80. The van der Waals surface area contributed by atoms with Crippen molar-refractivity contribution < 1.29 is 4.79 Å². The molecule has 17 heavy (non-hydrogen) atoms. The van der Waals surface area contributed by atoms with Gasteiger partial charge in [-0.1, -0.05) is 18.2 Å². The Bertz CT molecular complexity index is 448. The molecule has 88 valence electrons. The van der Waals surface area contributed by atoms with Gasteiger partial charge in [0, 0.05) is 25.2 Å². The van der Waals surface area contributed by atoms with Crippen molar-refractivity contribution >= 4 is 11.6 Å². The highest BCUT2D eigenvalue weighted by atomic mass is 16.1. The average molecular weight is 228 g/mol. The Hall–Kier alpha value is -1.95. The van der Waals surface area contributed by atoms with Crippen LogP contribution in [0.3, 0.4) is 0 Å². The summed E-state index contributed by atoms with van der Waals surface area (Å²) in [6.07, 6.45) is 6.53. The number of nitrogens with one attached hydrogen (secondary N) is 2. The zero-order chi connectivity index (χ0) is 12.1. The largest absolute Gasteiger partial charge is 0.384 e. The summed E-state index contributed by atoms with van der Waals surface area (Å²) in [5, 5.41) is 6.15. The van der Waals surface area contributed by atoms with Crippen LogP contribution in [0.5, 0.6) is 0 Å². The van der Waals surface area contributed by atoms with Crippen molar-refractivity contribution in [3.8, 4) is 12.3 Å². The number of para-hydroxylation sites is 1. The molecule has 1 amide bonds. The third-order valence-corrected chi connectivity index (χ3v) is 2.96. The summed E-state index contributed by atoms with van der Waals surface area (Å²) in [6.45, 7) is 1.26. The van der Waals surface area contributed by atoms with E-state index in [0.717, 1.165) is 12.1 Å². The Morgan fingerprint density at radius 1 is 1.53 bits per heavy atom. The summed E-state index contributed by atoms with van der Waals surface area (Å²) in [5.41, 5.74) is 2.34. The molecule has 1 aromatic carbocycles. The Labute approximate surface area is 102 Å². The second-order valence-corrected chi connectivity index (χ2v) is 4.18. The number of carbonyl (C=O) groups excluding carboxylic acids is 1. The first-order valence-corrected chi connectivity index (χ1v) is 5.84. The van der Waals surface area contributed by atoms with Crippen LogP contribution in [-0.2, 0) is 11.2 Å². The second-order valence-electron chi connectivity index (χ2n) is 4.18. The van der Waals surface area contributed by atoms with Crippen LogP contribution in [0.2, 0.25) is 0 Å². The van der Waals surface area contributed by atoms with Gasteiger partial charge in [0.15, 0.2) is 0 Å². The molecule has 2 N–H and O–H groups in total. The van der Waals surface area contributed by atoms with Crippen molar-refractivity contribution in [1.82, 2.24) is 5.32 Å². The number of fused-ring (bicyclic) bond motifs is 1. The Morgan fingerprint density at radius 2 is 2.35 bits per heavy atom. The molecule has 3 nitrogen and oxygen atoms in total. The molecule has 1 heterocycles. The van der Waals surface area contributed by atoms with Gasteiger partial charge in [0.25, 0.3) is 0 Å². The first-order chi connectivity index (χ1) is 8.31. The molecule has 0 fully saturated rings. The van der Waals surface area contributed by atoms with E-state index in [1.54, 1.807) is 0 Å². The fourth-order valence-corrected chi connectivity index (χ4v) is 2.03.